The summed E-state index contributed by atoms with van der Waals surface area (Å²) in [4.78, 5) is 10.0. The molecule has 7 heteroatoms. The highest BCUT2D eigenvalue weighted by Crippen LogP contribution is 2.28. The van der Waals surface area contributed by atoms with Crippen molar-refractivity contribution in [1.82, 2.24) is 0 Å². The van der Waals surface area contributed by atoms with Gasteiger partial charge in [-0.25, -0.2) is 0 Å². The van der Waals surface area contributed by atoms with E-state index in [0.717, 1.165) is 0 Å². The van der Waals surface area contributed by atoms with Crippen molar-refractivity contribution in [2.75, 3.05) is 6.61 Å². The predicted molar refractivity (Wildman–Crippen MR) is 71.0 cm³/mol. The maximum atomic E-state index is 10.6. The molecule has 0 aromatic heterocycles. The van der Waals surface area contributed by atoms with Crippen LogP contribution in [0.25, 0.3) is 0 Å². The highest BCUT2D eigenvalue weighted by molar-refractivity contribution is 6.32. The third kappa shape index (κ3) is 4.73. The highest BCUT2D eigenvalue weighted by Gasteiger charge is 2.16. The van der Waals surface area contributed by atoms with Crippen LogP contribution in [0.2, 0.25) is 5.02 Å². The molecule has 0 aliphatic rings. The van der Waals surface area contributed by atoms with E-state index in [1.54, 1.807) is 6.92 Å². The minimum atomic E-state index is -0.865. The van der Waals surface area contributed by atoms with E-state index < -0.39 is 10.5 Å². The van der Waals surface area contributed by atoms with E-state index in [4.69, 9.17) is 27.3 Å². The molecule has 1 aromatic rings. The summed E-state index contributed by atoms with van der Waals surface area (Å²) in [6.45, 7) is 2.01. The molecule has 102 valence electrons. The molecular formula is C12H14ClN3O3. The van der Waals surface area contributed by atoms with Gasteiger partial charge in [-0.2, -0.15) is 5.26 Å². The summed E-state index contributed by atoms with van der Waals surface area (Å²) in [5.41, 5.74) is 4.64. The second kappa shape index (κ2) is 6.36. The van der Waals surface area contributed by atoms with Crippen LogP contribution in [0, 0.1) is 21.4 Å². The van der Waals surface area contributed by atoms with Crippen LogP contribution in [0.1, 0.15) is 19.8 Å². The fourth-order valence-electron chi connectivity index (χ4n) is 1.41. The maximum Gasteiger partial charge on any atom is 0.288 e. The van der Waals surface area contributed by atoms with Gasteiger partial charge in [0.2, 0.25) is 0 Å². The van der Waals surface area contributed by atoms with E-state index in [2.05, 4.69) is 0 Å². The molecule has 19 heavy (non-hydrogen) atoms. The van der Waals surface area contributed by atoms with Crippen molar-refractivity contribution in [3.8, 4) is 11.8 Å². The molecule has 0 saturated carbocycles. The number of nitro benzene ring substituents is 1. The van der Waals surface area contributed by atoms with Crippen molar-refractivity contribution in [1.29, 1.82) is 5.26 Å². The standard InChI is InChI=1S/C12H14ClN3O3/c1-12(15,8-14)5-2-6-19-9-3-4-11(16(17)18)10(13)7-9/h3-4,7H,2,5-6,15H2,1H3. The molecule has 1 atom stereocenters. The third-order valence-corrected chi connectivity index (χ3v) is 2.78. The largest absolute Gasteiger partial charge is 0.494 e. The summed E-state index contributed by atoms with van der Waals surface area (Å²) in [5, 5.41) is 19.3. The van der Waals surface area contributed by atoms with Crippen molar-refractivity contribution < 1.29 is 9.66 Å². The highest BCUT2D eigenvalue weighted by atomic mass is 35.5. The van der Waals surface area contributed by atoms with Crippen LogP contribution in [0.5, 0.6) is 5.75 Å². The van der Waals surface area contributed by atoms with Gasteiger partial charge in [-0.3, -0.25) is 10.1 Å². The molecule has 6 nitrogen and oxygen atoms in total. The number of halogens is 1. The Labute approximate surface area is 115 Å². The summed E-state index contributed by atoms with van der Waals surface area (Å²) >= 11 is 5.75. The van der Waals surface area contributed by atoms with Gasteiger partial charge >= 0.3 is 0 Å². The van der Waals surface area contributed by atoms with E-state index >= 15 is 0 Å². The molecule has 0 fully saturated rings. The van der Waals surface area contributed by atoms with Gasteiger partial charge in [-0.05, 0) is 25.8 Å². The molecule has 2 N–H and O–H groups in total. The fraction of sp³-hybridized carbons (Fsp3) is 0.417. The molecule has 0 heterocycles. The zero-order valence-electron chi connectivity index (χ0n) is 10.4. The van der Waals surface area contributed by atoms with Crippen molar-refractivity contribution in [3.63, 3.8) is 0 Å². The molecule has 1 aromatic carbocycles. The molecule has 0 spiro atoms. The monoisotopic (exact) mass is 283 g/mol. The summed E-state index contributed by atoms with van der Waals surface area (Å²) in [6, 6.07) is 6.16. The van der Waals surface area contributed by atoms with Crippen LogP contribution in [-0.4, -0.2) is 17.1 Å². The molecule has 1 rings (SSSR count). The van der Waals surface area contributed by atoms with Crippen LogP contribution in [0.15, 0.2) is 18.2 Å². The summed E-state index contributed by atoms with van der Waals surface area (Å²) < 4.78 is 5.39. The van der Waals surface area contributed by atoms with Gasteiger partial charge in [-0.1, -0.05) is 11.6 Å². The Kier molecular flexibility index (Phi) is 5.10. The molecule has 1 unspecified atom stereocenters. The summed E-state index contributed by atoms with van der Waals surface area (Å²) in [7, 11) is 0. The van der Waals surface area contributed by atoms with Crippen molar-refractivity contribution in [3.05, 3.63) is 33.3 Å². The predicted octanol–water partition coefficient (Wildman–Crippen LogP) is 2.65. The van der Waals surface area contributed by atoms with Crippen LogP contribution in [0.3, 0.4) is 0 Å². The number of hydrogen-bond donors (Lipinski definition) is 1. The normalized spacial score (nSPS) is 13.4. The summed E-state index contributed by atoms with van der Waals surface area (Å²) in [6.07, 6.45) is 1.11. The topological polar surface area (TPSA) is 102 Å². The molecule has 0 saturated heterocycles. The van der Waals surface area contributed by atoms with E-state index in [-0.39, 0.29) is 10.7 Å². The Morgan fingerprint density at radius 1 is 1.63 bits per heavy atom. The minimum Gasteiger partial charge on any atom is -0.494 e. The van der Waals surface area contributed by atoms with Gasteiger partial charge in [0.1, 0.15) is 16.3 Å². The van der Waals surface area contributed by atoms with Crippen molar-refractivity contribution in [2.24, 2.45) is 5.73 Å². The number of ether oxygens (including phenoxy) is 1. The number of benzene rings is 1. The Balaban J connectivity index is 2.49. The van der Waals surface area contributed by atoms with E-state index in [9.17, 15) is 10.1 Å². The van der Waals surface area contributed by atoms with Crippen LogP contribution >= 0.6 is 11.6 Å². The second-order valence-electron chi connectivity index (χ2n) is 4.35. The van der Waals surface area contributed by atoms with Gasteiger partial charge in [0.15, 0.2) is 0 Å². The Morgan fingerprint density at radius 3 is 2.84 bits per heavy atom. The average Bonchev–Trinajstić information content (AvgIpc) is 2.34. The lowest BCUT2D eigenvalue weighted by molar-refractivity contribution is -0.384. The maximum absolute atomic E-state index is 10.6. The lowest BCUT2D eigenvalue weighted by atomic mass is 10.00. The molecule has 0 bridgehead atoms. The van der Waals surface area contributed by atoms with Crippen LogP contribution in [-0.2, 0) is 0 Å². The number of nitro groups is 1. The first-order chi connectivity index (χ1) is 8.85. The molecule has 0 aliphatic carbocycles. The Hall–Kier alpha value is -1.84. The summed E-state index contributed by atoms with van der Waals surface area (Å²) in [5.74, 6) is 0.450. The SMILES string of the molecule is CC(N)(C#N)CCCOc1ccc([N+](=O)[O-])c(Cl)c1. The number of rotatable bonds is 6. The van der Waals surface area contributed by atoms with E-state index in [0.29, 0.717) is 25.2 Å². The second-order valence-corrected chi connectivity index (χ2v) is 4.76. The minimum absolute atomic E-state index is 0.0307. The van der Waals surface area contributed by atoms with E-state index in [1.165, 1.54) is 18.2 Å². The molecule has 0 amide bonds. The molecule has 0 radical (unpaired) electrons. The number of hydrogen-bond acceptors (Lipinski definition) is 5. The van der Waals surface area contributed by atoms with Gasteiger partial charge in [-0.15, -0.1) is 0 Å². The van der Waals surface area contributed by atoms with Crippen LogP contribution < -0.4 is 10.5 Å². The first-order valence-corrected chi connectivity index (χ1v) is 6.00. The van der Waals surface area contributed by atoms with Crippen molar-refractivity contribution >= 4 is 17.3 Å². The first-order valence-electron chi connectivity index (χ1n) is 5.62. The Bertz CT molecular complexity index is 511. The van der Waals surface area contributed by atoms with Gasteiger partial charge < -0.3 is 10.5 Å². The van der Waals surface area contributed by atoms with Crippen LogP contribution in [0.4, 0.5) is 5.69 Å². The van der Waals surface area contributed by atoms with Gasteiger partial charge in [0, 0.05) is 12.1 Å². The number of nitrogens with zero attached hydrogens (tertiary/aromatic N) is 2. The number of nitriles is 1. The lowest BCUT2D eigenvalue weighted by Gasteiger charge is -2.14. The van der Waals surface area contributed by atoms with E-state index in [1.807, 2.05) is 6.07 Å². The van der Waals surface area contributed by atoms with Gasteiger partial charge in [0.25, 0.3) is 5.69 Å². The quantitative estimate of drug-likeness (QED) is 0.491. The molecular weight excluding hydrogens is 270 g/mol. The Morgan fingerprint density at radius 2 is 2.32 bits per heavy atom. The first kappa shape index (κ1) is 15.2. The van der Waals surface area contributed by atoms with Crippen molar-refractivity contribution in [2.45, 2.75) is 25.3 Å². The smallest absolute Gasteiger partial charge is 0.288 e. The third-order valence-electron chi connectivity index (χ3n) is 2.48. The lowest BCUT2D eigenvalue weighted by Crippen LogP contribution is -2.34. The average molecular weight is 284 g/mol. The number of nitrogens with two attached hydrogens (primary N) is 1. The fourth-order valence-corrected chi connectivity index (χ4v) is 1.65. The van der Waals surface area contributed by atoms with Gasteiger partial charge in [0.05, 0.1) is 17.6 Å². The zero-order chi connectivity index (χ0) is 14.5. The molecule has 0 aliphatic heterocycles. The zero-order valence-corrected chi connectivity index (χ0v) is 11.2.